The number of anilines is 1. The second kappa shape index (κ2) is 47.3. The number of fused-ring (bicyclic) bond motifs is 1. The third-order valence-corrected chi connectivity index (χ3v) is 22.4. The van der Waals surface area contributed by atoms with E-state index in [4.69, 9.17) is 78.3 Å². The van der Waals surface area contributed by atoms with Gasteiger partial charge in [-0.15, -0.1) is 0 Å². The first-order valence-electron chi connectivity index (χ1n) is 42.7. The van der Waals surface area contributed by atoms with Crippen molar-refractivity contribution in [3.05, 3.63) is 145 Å². The van der Waals surface area contributed by atoms with Crippen LogP contribution in [0.15, 0.2) is 103 Å². The summed E-state index contributed by atoms with van der Waals surface area (Å²) in [6, 6.07) is 21.4. The van der Waals surface area contributed by atoms with Crippen molar-refractivity contribution in [1.82, 2.24) is 25.3 Å². The van der Waals surface area contributed by atoms with E-state index in [9.17, 15) is 59.9 Å². The number of carbonyl (C=O) groups excluding carboxylic acids is 8. The van der Waals surface area contributed by atoms with Crippen LogP contribution in [-0.4, -0.2) is 207 Å². The van der Waals surface area contributed by atoms with Crippen LogP contribution in [0.1, 0.15) is 265 Å². The molecule has 9 rings (SSSR count). The van der Waals surface area contributed by atoms with E-state index in [1.165, 1.54) is 7.11 Å². The first-order valence-corrected chi connectivity index (χ1v) is 45.3. The number of nitrogens with zero attached hydrogens (tertiary/aromatic N) is 4. The van der Waals surface area contributed by atoms with Gasteiger partial charge in [0.2, 0.25) is 0 Å². The molecule has 0 aromatic heterocycles. The van der Waals surface area contributed by atoms with Crippen molar-refractivity contribution in [1.29, 1.82) is 0 Å². The highest BCUT2D eigenvalue weighted by atomic mass is 35.5. The summed E-state index contributed by atoms with van der Waals surface area (Å²) in [5, 5.41) is 6.50. The molecule has 0 bridgehead atoms. The van der Waals surface area contributed by atoms with E-state index in [0.29, 0.717) is 60.2 Å². The number of carbonyl (C=O) groups is 8. The highest BCUT2D eigenvalue weighted by molar-refractivity contribution is 7.88. The van der Waals surface area contributed by atoms with Crippen molar-refractivity contribution in [2.24, 2.45) is 5.73 Å². The summed E-state index contributed by atoms with van der Waals surface area (Å²) in [7, 11) is -3.92. The number of methoxy groups -OCH3 is 2. The molecule has 4 aromatic carbocycles. The Morgan fingerprint density at radius 3 is 1.45 bits per heavy atom. The number of nitrogens with two attached hydrogens (primary N) is 1. The Bertz CT molecular complexity index is 4640. The lowest BCUT2D eigenvalue weighted by molar-refractivity contribution is -0.121. The number of alkyl halides is 3. The maximum absolute atomic E-state index is 13.4. The molecule has 6 unspecified atom stereocenters. The average Bonchev–Trinajstić information content (AvgIpc) is 1.57. The van der Waals surface area contributed by atoms with Gasteiger partial charge in [0.25, 0.3) is 5.91 Å². The molecule has 5 amide bonds. The minimum absolute atomic E-state index is 0.00263. The fourth-order valence-corrected chi connectivity index (χ4v) is 15.2. The van der Waals surface area contributed by atoms with Crippen molar-refractivity contribution in [3.8, 4) is 11.5 Å². The standard InChI is InChI=1S/C35H46ClN3O5.C20H26ClNO4.C18H32BNO4.C10H22N2O2.C9H6ClF3O5S/c1-24-20-26(21-25(2)38(24)18-19-39-30-12-9-10-14-32(30)43-23-33(39)41)28-16-15-27(36)22-29(28)31(40)13-8-6-7-11-17-37-34(42)44-35(3,4)5;1-12-9-14(10-13(2)22(12)19(24)26-20(3,4)5)16-8-7-15(21)11-17(16)18(23)25-6;1-12-10-14(19-23-17(6,7)18(8,9)24-19)11-13(2)20(12)15(21)22-16(3,4)5;1-10(2,3)14-9(13)12-8-6-4-5-7-11;1-17-8(14)6-4-5(10)2-3-7(6)18-19(15,16)9(11,12)13/h9-10,12,14-16,20,22,24-25H,6-8,11,13,17-19,21,23H2,1-5H3,(H,37,42);7-9,11-13H,10H2,1-6H3;10,12-13H,11H2,1-9H3;4-8,11H2,1-3H3,(H,12,13);2-4H,1H3. The summed E-state index contributed by atoms with van der Waals surface area (Å²) in [6.45, 7) is 46.1. The van der Waals surface area contributed by atoms with Crippen LogP contribution in [0.3, 0.4) is 0 Å². The van der Waals surface area contributed by atoms with Crippen molar-refractivity contribution >= 4 is 117 Å². The molecule has 0 aliphatic carbocycles. The van der Waals surface area contributed by atoms with Crippen molar-refractivity contribution in [2.75, 3.05) is 58.5 Å². The van der Waals surface area contributed by atoms with Crippen LogP contribution in [-0.2, 0) is 52.6 Å². The number of amides is 5. The number of halogens is 6. The molecule has 5 heterocycles. The van der Waals surface area contributed by atoms with Crippen LogP contribution in [0.4, 0.5) is 38.0 Å². The number of hydrogen-bond donors (Lipinski definition) is 3. The molecule has 4 aromatic rings. The van der Waals surface area contributed by atoms with Gasteiger partial charge in [-0.05, 0) is 286 Å². The topological polar surface area (TPSA) is 326 Å². The summed E-state index contributed by atoms with van der Waals surface area (Å²) in [5.74, 6) is -1.53. The Morgan fingerprint density at radius 1 is 0.543 bits per heavy atom. The van der Waals surface area contributed by atoms with Gasteiger partial charge in [0, 0.05) is 77.4 Å². The number of nitrogens with one attached hydrogen (secondary N) is 2. The lowest BCUT2D eigenvalue weighted by atomic mass is 9.72. The zero-order valence-electron chi connectivity index (χ0n) is 78.0. The highest BCUT2D eigenvalue weighted by Crippen LogP contribution is 2.43. The van der Waals surface area contributed by atoms with Gasteiger partial charge in [0.05, 0.1) is 48.8 Å². The number of benzene rings is 4. The zero-order valence-corrected chi connectivity index (χ0v) is 81.1. The van der Waals surface area contributed by atoms with E-state index in [2.05, 4.69) is 78.1 Å². The molecule has 1 fully saturated rings. The molecule has 5 aliphatic rings. The number of alkyl carbamates (subject to hydrolysis) is 2. The minimum Gasteiger partial charge on any atom is -0.482 e. The molecule has 0 radical (unpaired) electrons. The molecule has 4 N–H and O–H groups in total. The summed E-state index contributed by atoms with van der Waals surface area (Å²) in [5.41, 5.74) is 3.43. The molecule has 27 nitrogen and oxygen atoms in total. The van der Waals surface area contributed by atoms with Crippen LogP contribution < -0.4 is 30.2 Å². The summed E-state index contributed by atoms with van der Waals surface area (Å²) in [6.07, 6.45) is 14.0. The third kappa shape index (κ3) is 34.3. The summed E-state index contributed by atoms with van der Waals surface area (Å²) in [4.78, 5) is 105. The van der Waals surface area contributed by atoms with Gasteiger partial charge in [-0.25, -0.2) is 28.8 Å². The largest absolute Gasteiger partial charge is 0.534 e. The molecular weight excluding hydrogens is 1730 g/mol. The number of ketones is 1. The average molecular weight is 1860 g/mol. The van der Waals surface area contributed by atoms with Crippen molar-refractivity contribution in [3.63, 3.8) is 0 Å². The maximum atomic E-state index is 13.4. The van der Waals surface area contributed by atoms with Crippen molar-refractivity contribution in [2.45, 2.75) is 298 Å². The van der Waals surface area contributed by atoms with Gasteiger partial charge in [-0.3, -0.25) is 24.3 Å². The maximum Gasteiger partial charge on any atom is 0.534 e. The number of unbranched alkanes of at least 4 members (excludes halogenated alkanes) is 5. The smallest absolute Gasteiger partial charge is 0.482 e. The van der Waals surface area contributed by atoms with Gasteiger partial charge in [-0.1, -0.05) is 96.6 Å². The van der Waals surface area contributed by atoms with Gasteiger partial charge in [0.15, 0.2) is 18.1 Å². The Hall–Kier alpha value is -8.63. The predicted octanol–water partition coefficient (Wildman–Crippen LogP) is 20.2. The van der Waals surface area contributed by atoms with Gasteiger partial charge >= 0.3 is 59.1 Å². The molecule has 1 saturated heterocycles. The quantitative estimate of drug-likeness (QED) is 0.0118. The molecular formula is C92H132BCl3F3N7O20S. The lowest BCUT2D eigenvalue weighted by Gasteiger charge is -2.40. The normalized spacial score (nSPS) is 19.3. The fourth-order valence-electron chi connectivity index (χ4n) is 14.2. The van der Waals surface area contributed by atoms with Crippen LogP contribution in [0, 0.1) is 0 Å². The SMILES string of the molecule is CC(C)(C)OC(=O)NCCCCCN.CC1C=C(B2OC(C)(C)C(C)(C)O2)CC(C)N1C(=O)OC(C)(C)C.CC1C=C(c2ccc(Cl)cc2C(=O)CCCCCCNC(=O)OC(C)(C)C)CC(C)N1CCN1C(=O)COc2ccccc21.COC(=O)c1cc(Cl)ccc1C1=CC(C)N(C(=O)OC(C)(C)C)C(C)C1.COC(=O)c1cc(Cl)ccc1OS(=O)(=O)C(F)(F)F. The second-order valence-corrected chi connectivity index (χ2v) is 39.5. The zero-order chi connectivity index (χ0) is 95.9. The van der Waals surface area contributed by atoms with E-state index in [0.717, 1.165) is 129 Å². The van der Waals surface area contributed by atoms with E-state index < -0.39 is 67.4 Å². The number of esters is 2. The monoisotopic (exact) mass is 1860 g/mol. The van der Waals surface area contributed by atoms with Crippen molar-refractivity contribution < 1.29 is 107 Å². The molecule has 6 atom stereocenters. The van der Waals surface area contributed by atoms with E-state index in [1.807, 2.05) is 164 Å². The number of para-hydroxylation sites is 2. The minimum atomic E-state index is -5.88. The summed E-state index contributed by atoms with van der Waals surface area (Å²) < 4.78 is 110. The van der Waals surface area contributed by atoms with Crippen LogP contribution in [0.25, 0.3) is 11.1 Å². The predicted molar refractivity (Wildman–Crippen MR) is 489 cm³/mol. The first-order chi connectivity index (χ1) is 58.7. The number of hydrogen-bond acceptors (Lipinski definition) is 22. The van der Waals surface area contributed by atoms with Crippen LogP contribution in [0.5, 0.6) is 11.5 Å². The number of rotatable bonds is 23. The molecule has 35 heteroatoms. The molecule has 0 spiro atoms. The molecule has 0 saturated carbocycles. The highest BCUT2D eigenvalue weighted by Gasteiger charge is 2.54. The van der Waals surface area contributed by atoms with Crippen LogP contribution >= 0.6 is 34.8 Å². The van der Waals surface area contributed by atoms with Gasteiger partial charge in [-0.2, -0.15) is 21.6 Å². The second-order valence-electron chi connectivity index (χ2n) is 36.7. The van der Waals surface area contributed by atoms with Gasteiger partial charge in [0.1, 0.15) is 33.7 Å². The lowest BCUT2D eigenvalue weighted by Crippen LogP contribution is -2.50. The van der Waals surface area contributed by atoms with Crippen LogP contribution in [0.2, 0.25) is 15.1 Å². The molecule has 706 valence electrons. The Balaban J connectivity index is 0.000000299. The van der Waals surface area contributed by atoms with E-state index >= 15 is 0 Å². The van der Waals surface area contributed by atoms with Gasteiger partial charge < -0.3 is 67.9 Å². The summed E-state index contributed by atoms with van der Waals surface area (Å²) >= 11 is 17.9. The third-order valence-electron chi connectivity index (χ3n) is 20.7. The fraction of sp³-hybridized carbons (Fsp3) is 0.587. The Kier molecular flexibility index (Phi) is 40.5. The van der Waals surface area contributed by atoms with E-state index in [1.54, 1.807) is 28.0 Å². The number of ether oxygens (including phenoxy) is 7. The first kappa shape index (κ1) is 109. The molecule has 5 aliphatic heterocycles. The molecule has 127 heavy (non-hydrogen) atoms. The Labute approximate surface area is 763 Å². The Morgan fingerprint density at radius 2 is 0.976 bits per heavy atom. The number of Topliss-reactive ketones (excluding diaryl/α,β-unsaturated/α-hetero) is 1. The van der Waals surface area contributed by atoms with E-state index in [-0.39, 0.29) is 96.2 Å².